The van der Waals surface area contributed by atoms with E-state index in [4.69, 9.17) is 10.8 Å². The first kappa shape index (κ1) is 17.0. The summed E-state index contributed by atoms with van der Waals surface area (Å²) in [5.74, 6) is -4.83. The van der Waals surface area contributed by atoms with Gasteiger partial charge in [-0.15, -0.1) is 10.2 Å². The molecule has 0 fully saturated rings. The predicted octanol–water partition coefficient (Wildman–Crippen LogP) is 1.68. The van der Waals surface area contributed by atoms with Crippen LogP contribution in [0.25, 0.3) is 11.3 Å². The molecule has 2 aromatic heterocycles. The van der Waals surface area contributed by atoms with Crippen LogP contribution in [0.3, 0.4) is 0 Å². The van der Waals surface area contributed by atoms with Crippen molar-refractivity contribution in [2.75, 3.05) is 11.1 Å². The van der Waals surface area contributed by atoms with E-state index >= 15 is 0 Å². The van der Waals surface area contributed by atoms with Gasteiger partial charge in [-0.2, -0.15) is 5.10 Å². The second-order valence-electron chi connectivity index (χ2n) is 5.06. The van der Waals surface area contributed by atoms with E-state index in [0.29, 0.717) is 23.4 Å². The molecule has 0 saturated heterocycles. The van der Waals surface area contributed by atoms with Crippen molar-refractivity contribution in [1.82, 2.24) is 20.4 Å². The number of aromatic nitrogens is 4. The number of aromatic carboxylic acids is 1. The highest BCUT2D eigenvalue weighted by Crippen LogP contribution is 2.22. The van der Waals surface area contributed by atoms with Crippen molar-refractivity contribution in [1.29, 1.82) is 0 Å². The first-order chi connectivity index (χ1) is 12.4. The van der Waals surface area contributed by atoms with Crippen molar-refractivity contribution < 1.29 is 23.5 Å². The summed E-state index contributed by atoms with van der Waals surface area (Å²) >= 11 is 0. The number of rotatable bonds is 4. The molecule has 11 heteroatoms. The molecule has 0 unspecified atom stereocenters. The molecule has 9 nitrogen and oxygen atoms in total. The molecular formula is C15H10F2N6O3. The Morgan fingerprint density at radius 2 is 1.88 bits per heavy atom. The summed E-state index contributed by atoms with van der Waals surface area (Å²) in [6, 6.07) is 3.81. The van der Waals surface area contributed by atoms with Gasteiger partial charge in [-0.05, 0) is 18.2 Å². The van der Waals surface area contributed by atoms with E-state index in [-0.39, 0.29) is 11.5 Å². The number of halogens is 2. The Bertz CT molecular complexity index is 1000. The molecule has 26 heavy (non-hydrogen) atoms. The lowest BCUT2D eigenvalue weighted by molar-refractivity contribution is 0.0697. The van der Waals surface area contributed by atoms with Gasteiger partial charge >= 0.3 is 5.97 Å². The summed E-state index contributed by atoms with van der Waals surface area (Å²) in [5, 5.41) is 25.0. The summed E-state index contributed by atoms with van der Waals surface area (Å²) in [6.07, 6.45) is 1.50. The summed E-state index contributed by atoms with van der Waals surface area (Å²) in [7, 11) is 0. The lowest BCUT2D eigenvalue weighted by atomic mass is 10.1. The number of carboxylic acids is 1. The molecule has 1 aromatic carbocycles. The number of hydrogen-bond acceptors (Lipinski definition) is 6. The first-order valence-corrected chi connectivity index (χ1v) is 7.04. The minimum absolute atomic E-state index is 0.170. The van der Waals surface area contributed by atoms with E-state index in [1.54, 1.807) is 0 Å². The zero-order valence-electron chi connectivity index (χ0n) is 12.8. The van der Waals surface area contributed by atoms with Gasteiger partial charge < -0.3 is 16.2 Å². The first-order valence-electron chi connectivity index (χ1n) is 7.04. The topological polar surface area (TPSA) is 147 Å². The molecule has 132 valence electrons. The molecule has 0 atom stereocenters. The number of aromatic amines is 1. The number of anilines is 2. The number of carboxylic acid groups (broad SMARTS) is 1. The molecule has 0 aliphatic heterocycles. The van der Waals surface area contributed by atoms with Crippen LogP contribution < -0.4 is 11.1 Å². The standard InChI is InChI=1S/C15H10F2N6O3/c16-8-3-6(15(25)26)12(4-9(8)17)20-14(24)11-2-1-10(21-22-11)7-5-19-23-13(7)18/h1-5H,(H,20,24)(H,25,26)(H3,18,19,23). The largest absolute Gasteiger partial charge is 0.478 e. The smallest absolute Gasteiger partial charge is 0.337 e. The molecule has 5 N–H and O–H groups in total. The van der Waals surface area contributed by atoms with Crippen molar-refractivity contribution in [3.63, 3.8) is 0 Å². The molecule has 0 spiro atoms. The fourth-order valence-electron chi connectivity index (χ4n) is 2.12. The molecule has 2 heterocycles. The van der Waals surface area contributed by atoms with Gasteiger partial charge in [0.05, 0.1) is 22.5 Å². The van der Waals surface area contributed by atoms with Gasteiger partial charge in [-0.1, -0.05) is 0 Å². The average molecular weight is 360 g/mol. The van der Waals surface area contributed by atoms with E-state index in [1.165, 1.54) is 18.3 Å². The third-order valence-corrected chi connectivity index (χ3v) is 3.38. The maximum absolute atomic E-state index is 13.4. The van der Waals surface area contributed by atoms with Crippen LogP contribution in [0.4, 0.5) is 20.3 Å². The molecule has 1 amide bonds. The highest BCUT2D eigenvalue weighted by atomic mass is 19.2. The Morgan fingerprint density at radius 1 is 1.15 bits per heavy atom. The highest BCUT2D eigenvalue weighted by Gasteiger charge is 2.19. The number of amides is 1. The van der Waals surface area contributed by atoms with Gasteiger partial charge in [-0.25, -0.2) is 13.6 Å². The third kappa shape index (κ3) is 3.17. The van der Waals surface area contributed by atoms with Crippen LogP contribution in [0.15, 0.2) is 30.5 Å². The van der Waals surface area contributed by atoms with Gasteiger partial charge in [-0.3, -0.25) is 9.89 Å². The number of nitrogens with zero attached hydrogens (tertiary/aromatic N) is 3. The van der Waals surface area contributed by atoms with E-state index in [2.05, 4.69) is 25.7 Å². The molecule has 0 aliphatic rings. The summed E-state index contributed by atoms with van der Waals surface area (Å²) < 4.78 is 26.6. The third-order valence-electron chi connectivity index (χ3n) is 3.38. The monoisotopic (exact) mass is 360 g/mol. The van der Waals surface area contributed by atoms with Crippen LogP contribution >= 0.6 is 0 Å². The Morgan fingerprint density at radius 3 is 2.46 bits per heavy atom. The van der Waals surface area contributed by atoms with Crippen LogP contribution in [0.1, 0.15) is 20.8 Å². The summed E-state index contributed by atoms with van der Waals surface area (Å²) in [4.78, 5) is 23.3. The maximum atomic E-state index is 13.4. The molecular weight excluding hydrogens is 350 g/mol. The van der Waals surface area contributed by atoms with Crippen molar-refractivity contribution in [2.45, 2.75) is 0 Å². The Hall–Kier alpha value is -3.89. The van der Waals surface area contributed by atoms with Gasteiger partial charge in [0, 0.05) is 12.3 Å². The summed E-state index contributed by atoms with van der Waals surface area (Å²) in [5.41, 5.74) is 5.29. The van der Waals surface area contributed by atoms with Crippen molar-refractivity contribution in [2.24, 2.45) is 0 Å². The van der Waals surface area contributed by atoms with Gasteiger partial charge in [0.2, 0.25) is 0 Å². The van der Waals surface area contributed by atoms with Gasteiger partial charge in [0.25, 0.3) is 5.91 Å². The number of carbonyl (C=O) groups is 2. The molecule has 3 aromatic rings. The zero-order valence-corrected chi connectivity index (χ0v) is 12.8. The Kier molecular flexibility index (Phi) is 4.27. The maximum Gasteiger partial charge on any atom is 0.337 e. The number of benzene rings is 1. The van der Waals surface area contributed by atoms with Crippen LogP contribution in [-0.4, -0.2) is 37.4 Å². The van der Waals surface area contributed by atoms with Crippen molar-refractivity contribution in [3.05, 3.63) is 53.4 Å². The zero-order chi connectivity index (χ0) is 18.8. The van der Waals surface area contributed by atoms with Gasteiger partial charge in [0.1, 0.15) is 0 Å². The van der Waals surface area contributed by atoms with Crippen LogP contribution in [-0.2, 0) is 0 Å². The normalized spacial score (nSPS) is 10.5. The highest BCUT2D eigenvalue weighted by molar-refractivity contribution is 6.06. The van der Waals surface area contributed by atoms with E-state index < -0.39 is 34.8 Å². The lowest BCUT2D eigenvalue weighted by Gasteiger charge is -2.09. The average Bonchev–Trinajstić information content (AvgIpc) is 3.03. The quantitative estimate of drug-likeness (QED) is 0.553. The van der Waals surface area contributed by atoms with E-state index in [1.807, 2.05) is 0 Å². The van der Waals surface area contributed by atoms with Crippen molar-refractivity contribution in [3.8, 4) is 11.3 Å². The lowest BCUT2D eigenvalue weighted by Crippen LogP contribution is -2.17. The van der Waals surface area contributed by atoms with Crippen molar-refractivity contribution >= 4 is 23.4 Å². The number of nitrogens with two attached hydrogens (primary N) is 1. The second kappa shape index (κ2) is 6.55. The SMILES string of the molecule is Nc1n[nH]cc1-c1ccc(C(=O)Nc2cc(F)c(F)cc2C(=O)O)nn1. The molecule has 0 radical (unpaired) electrons. The van der Waals surface area contributed by atoms with Crippen LogP contribution in [0.2, 0.25) is 0 Å². The predicted molar refractivity (Wildman–Crippen MR) is 85.3 cm³/mol. The molecule has 0 aliphatic carbocycles. The molecule has 0 saturated carbocycles. The number of nitrogens with one attached hydrogen (secondary N) is 2. The molecule has 0 bridgehead atoms. The number of nitrogen functional groups attached to an aromatic ring is 1. The Balaban J connectivity index is 1.86. The number of H-pyrrole nitrogens is 1. The fourth-order valence-corrected chi connectivity index (χ4v) is 2.12. The van der Waals surface area contributed by atoms with Crippen LogP contribution in [0, 0.1) is 11.6 Å². The van der Waals surface area contributed by atoms with Gasteiger partial charge in [0.15, 0.2) is 23.1 Å². The number of hydrogen-bond donors (Lipinski definition) is 4. The minimum atomic E-state index is -1.53. The van der Waals surface area contributed by atoms with E-state index in [9.17, 15) is 18.4 Å². The Labute approximate surface area is 143 Å². The van der Waals surface area contributed by atoms with Crippen LogP contribution in [0.5, 0.6) is 0 Å². The fraction of sp³-hybridized carbons (Fsp3) is 0. The molecule has 3 rings (SSSR count). The van der Waals surface area contributed by atoms with E-state index in [0.717, 1.165) is 0 Å². The minimum Gasteiger partial charge on any atom is -0.478 e. The second-order valence-corrected chi connectivity index (χ2v) is 5.06. The number of carbonyl (C=O) groups excluding carboxylic acids is 1. The summed E-state index contributed by atoms with van der Waals surface area (Å²) in [6.45, 7) is 0.